The van der Waals surface area contributed by atoms with E-state index in [-0.39, 0.29) is 11.8 Å². The summed E-state index contributed by atoms with van der Waals surface area (Å²) in [4.78, 5) is 28.8. The summed E-state index contributed by atoms with van der Waals surface area (Å²) in [6.45, 7) is 3.85. The highest BCUT2D eigenvalue weighted by Gasteiger charge is 2.28. The van der Waals surface area contributed by atoms with Crippen LogP contribution in [0.15, 0.2) is 42.5 Å². The molecular weight excluding hydrogens is 427 g/mol. The highest BCUT2D eigenvalue weighted by Crippen LogP contribution is 2.21. The van der Waals surface area contributed by atoms with E-state index >= 15 is 0 Å². The summed E-state index contributed by atoms with van der Waals surface area (Å²) in [6, 6.07) is 12.3. The zero-order valence-electron chi connectivity index (χ0n) is 16.9. The summed E-state index contributed by atoms with van der Waals surface area (Å²) < 4.78 is 11.0. The number of piperazine rings is 1. The van der Waals surface area contributed by atoms with Crippen molar-refractivity contribution in [1.82, 2.24) is 9.80 Å². The number of rotatable bonds is 6. The van der Waals surface area contributed by atoms with E-state index in [1.165, 1.54) is 0 Å². The number of hydrogen-bond acceptors (Lipinski definition) is 4. The van der Waals surface area contributed by atoms with Gasteiger partial charge in [-0.15, -0.1) is 0 Å². The van der Waals surface area contributed by atoms with Gasteiger partial charge in [-0.2, -0.15) is 0 Å². The lowest BCUT2D eigenvalue weighted by atomic mass is 10.1. The fourth-order valence-corrected chi connectivity index (χ4v) is 3.83. The third-order valence-corrected chi connectivity index (χ3v) is 5.41. The van der Waals surface area contributed by atoms with Gasteiger partial charge in [0, 0.05) is 41.8 Å². The number of methoxy groups -OCH3 is 1. The SMILES string of the molecule is COc1cccc(COC(C)C(=O)N2CCN(C(=O)c3cc(Cl)cc(Cl)c3)CC2)c1. The molecule has 2 amide bonds. The minimum atomic E-state index is -0.579. The Bertz CT molecular complexity index is 894. The van der Waals surface area contributed by atoms with Crippen LogP contribution in [0.2, 0.25) is 10.0 Å². The van der Waals surface area contributed by atoms with Gasteiger partial charge >= 0.3 is 0 Å². The number of nitrogens with zero attached hydrogens (tertiary/aromatic N) is 2. The molecule has 30 heavy (non-hydrogen) atoms. The number of carbonyl (C=O) groups is 2. The molecule has 0 N–H and O–H groups in total. The average Bonchev–Trinajstić information content (AvgIpc) is 2.76. The maximum Gasteiger partial charge on any atom is 0.254 e. The van der Waals surface area contributed by atoms with Gasteiger partial charge in [0.25, 0.3) is 11.8 Å². The molecule has 2 aromatic carbocycles. The van der Waals surface area contributed by atoms with E-state index in [0.29, 0.717) is 48.4 Å². The molecular formula is C22H24Cl2N2O4. The molecule has 0 bridgehead atoms. The molecule has 0 aliphatic carbocycles. The smallest absolute Gasteiger partial charge is 0.254 e. The number of halogens is 2. The Morgan fingerprint density at radius 3 is 2.27 bits per heavy atom. The van der Waals surface area contributed by atoms with Crippen molar-refractivity contribution < 1.29 is 19.1 Å². The third-order valence-electron chi connectivity index (χ3n) is 4.97. The molecule has 0 aromatic heterocycles. The lowest BCUT2D eigenvalue weighted by Gasteiger charge is -2.36. The van der Waals surface area contributed by atoms with Crippen molar-refractivity contribution in [2.45, 2.75) is 19.6 Å². The lowest BCUT2D eigenvalue weighted by molar-refractivity contribution is -0.144. The third kappa shape index (κ3) is 5.65. The zero-order chi connectivity index (χ0) is 21.7. The molecule has 1 heterocycles. The Labute approximate surface area is 186 Å². The number of carbonyl (C=O) groups excluding carboxylic acids is 2. The molecule has 1 saturated heterocycles. The van der Waals surface area contributed by atoms with Gasteiger partial charge in [0.2, 0.25) is 0 Å². The van der Waals surface area contributed by atoms with Crippen LogP contribution in [0.1, 0.15) is 22.8 Å². The normalized spacial score (nSPS) is 15.1. The van der Waals surface area contributed by atoms with Gasteiger partial charge in [0.1, 0.15) is 11.9 Å². The zero-order valence-corrected chi connectivity index (χ0v) is 18.4. The molecule has 1 aliphatic heterocycles. The first-order valence-electron chi connectivity index (χ1n) is 9.66. The number of ether oxygens (including phenoxy) is 2. The second kappa shape index (κ2) is 10.2. The van der Waals surface area contributed by atoms with E-state index < -0.39 is 6.10 Å². The van der Waals surface area contributed by atoms with Gasteiger partial charge < -0.3 is 19.3 Å². The van der Waals surface area contributed by atoms with E-state index in [1.54, 1.807) is 42.0 Å². The molecule has 3 rings (SSSR count). The predicted molar refractivity (Wildman–Crippen MR) is 116 cm³/mol. The van der Waals surface area contributed by atoms with Crippen LogP contribution in [0, 0.1) is 0 Å². The van der Waals surface area contributed by atoms with Crippen LogP contribution in [-0.4, -0.2) is 61.0 Å². The van der Waals surface area contributed by atoms with Gasteiger partial charge in [-0.1, -0.05) is 35.3 Å². The lowest BCUT2D eigenvalue weighted by Crippen LogP contribution is -2.52. The first-order valence-corrected chi connectivity index (χ1v) is 10.4. The number of amides is 2. The van der Waals surface area contributed by atoms with E-state index in [9.17, 15) is 9.59 Å². The molecule has 1 aliphatic rings. The highest BCUT2D eigenvalue weighted by atomic mass is 35.5. The molecule has 1 fully saturated rings. The molecule has 1 unspecified atom stereocenters. The van der Waals surface area contributed by atoms with E-state index in [4.69, 9.17) is 32.7 Å². The topological polar surface area (TPSA) is 59.1 Å². The van der Waals surface area contributed by atoms with Crippen LogP contribution in [0.4, 0.5) is 0 Å². The van der Waals surface area contributed by atoms with Crippen LogP contribution in [0.5, 0.6) is 5.75 Å². The minimum Gasteiger partial charge on any atom is -0.497 e. The molecule has 0 spiro atoms. The summed E-state index contributed by atoms with van der Waals surface area (Å²) in [6.07, 6.45) is -0.579. The van der Waals surface area contributed by atoms with Crippen LogP contribution in [-0.2, 0) is 16.1 Å². The molecule has 1 atom stereocenters. The van der Waals surface area contributed by atoms with Crippen LogP contribution in [0.25, 0.3) is 0 Å². The second-order valence-electron chi connectivity index (χ2n) is 7.08. The maximum atomic E-state index is 12.7. The Hall–Kier alpha value is -2.28. The molecule has 0 saturated carbocycles. The Balaban J connectivity index is 1.51. The average molecular weight is 451 g/mol. The summed E-state index contributed by atoms with van der Waals surface area (Å²) in [5, 5.41) is 0.836. The van der Waals surface area contributed by atoms with Crippen LogP contribution in [0.3, 0.4) is 0 Å². The first kappa shape index (κ1) is 22.4. The molecule has 8 heteroatoms. The Kier molecular flexibility index (Phi) is 7.58. The quantitative estimate of drug-likeness (QED) is 0.669. The van der Waals surface area contributed by atoms with Crippen molar-refractivity contribution in [2.24, 2.45) is 0 Å². The summed E-state index contributed by atoms with van der Waals surface area (Å²) >= 11 is 12.0. The van der Waals surface area contributed by atoms with Crippen LogP contribution >= 0.6 is 23.2 Å². The second-order valence-corrected chi connectivity index (χ2v) is 7.95. The Morgan fingerprint density at radius 1 is 1.00 bits per heavy atom. The maximum absolute atomic E-state index is 12.7. The van der Waals surface area contributed by atoms with E-state index in [0.717, 1.165) is 11.3 Å². The molecule has 0 radical (unpaired) electrons. The first-order chi connectivity index (χ1) is 14.4. The summed E-state index contributed by atoms with van der Waals surface area (Å²) in [7, 11) is 1.61. The van der Waals surface area contributed by atoms with Crippen molar-refractivity contribution in [2.75, 3.05) is 33.3 Å². The van der Waals surface area contributed by atoms with Gasteiger partial charge in [0.15, 0.2) is 0 Å². The fourth-order valence-electron chi connectivity index (χ4n) is 3.30. The van der Waals surface area contributed by atoms with Crippen molar-refractivity contribution >= 4 is 35.0 Å². The number of benzene rings is 2. The highest BCUT2D eigenvalue weighted by molar-refractivity contribution is 6.35. The van der Waals surface area contributed by atoms with Gasteiger partial charge in [-0.05, 0) is 42.8 Å². The van der Waals surface area contributed by atoms with E-state index in [2.05, 4.69) is 0 Å². The molecule has 2 aromatic rings. The monoisotopic (exact) mass is 450 g/mol. The summed E-state index contributed by atoms with van der Waals surface area (Å²) in [5.74, 6) is 0.515. The van der Waals surface area contributed by atoms with Gasteiger partial charge in [-0.3, -0.25) is 9.59 Å². The predicted octanol–water partition coefficient (Wildman–Crippen LogP) is 3.89. The van der Waals surface area contributed by atoms with Gasteiger partial charge in [-0.25, -0.2) is 0 Å². The largest absolute Gasteiger partial charge is 0.497 e. The number of hydrogen-bond donors (Lipinski definition) is 0. The molecule has 160 valence electrons. The summed E-state index contributed by atoms with van der Waals surface area (Å²) in [5.41, 5.74) is 1.38. The van der Waals surface area contributed by atoms with Crippen molar-refractivity contribution in [1.29, 1.82) is 0 Å². The Morgan fingerprint density at radius 2 is 1.63 bits per heavy atom. The van der Waals surface area contributed by atoms with Crippen LogP contribution < -0.4 is 4.74 Å². The standard InChI is InChI=1S/C22H24Cl2N2O4/c1-15(30-14-16-4-3-5-20(10-16)29-2)21(27)25-6-8-26(9-7-25)22(28)17-11-18(23)13-19(24)12-17/h3-5,10-13,15H,6-9,14H2,1-2H3. The fraction of sp³-hybridized carbons (Fsp3) is 0.364. The minimum absolute atomic E-state index is 0.0872. The molecule has 6 nitrogen and oxygen atoms in total. The van der Waals surface area contributed by atoms with Crippen molar-refractivity contribution in [3.8, 4) is 5.75 Å². The van der Waals surface area contributed by atoms with Crippen molar-refractivity contribution in [3.63, 3.8) is 0 Å². The van der Waals surface area contributed by atoms with E-state index in [1.807, 2.05) is 24.3 Å². The van der Waals surface area contributed by atoms with Crippen molar-refractivity contribution in [3.05, 3.63) is 63.6 Å². The van der Waals surface area contributed by atoms with Gasteiger partial charge in [0.05, 0.1) is 13.7 Å².